The van der Waals surface area contributed by atoms with Crippen molar-refractivity contribution in [3.8, 4) is 5.75 Å². The lowest BCUT2D eigenvalue weighted by Crippen LogP contribution is -2.38. The molecule has 24 heavy (non-hydrogen) atoms. The summed E-state index contributed by atoms with van der Waals surface area (Å²) in [6, 6.07) is 1.74. The topological polar surface area (TPSA) is 117 Å². The Hall–Kier alpha value is -2.54. The molecule has 1 amide bonds. The molecule has 8 heteroatoms. The summed E-state index contributed by atoms with van der Waals surface area (Å²) in [6.07, 6.45) is 0.0430. The first-order chi connectivity index (χ1) is 11.2. The van der Waals surface area contributed by atoms with Crippen LogP contribution in [0.3, 0.4) is 0 Å². The zero-order valence-corrected chi connectivity index (χ0v) is 13.8. The summed E-state index contributed by atoms with van der Waals surface area (Å²) in [5.74, 6) is -1.81. The summed E-state index contributed by atoms with van der Waals surface area (Å²) in [4.78, 5) is 34.6. The number of carbonyl (C=O) groups is 2. The van der Waals surface area contributed by atoms with Gasteiger partial charge in [-0.15, -0.1) is 0 Å². The number of aromatic hydroxyl groups is 1. The van der Waals surface area contributed by atoms with Gasteiger partial charge in [-0.1, -0.05) is 11.6 Å². The molecule has 0 saturated heterocycles. The van der Waals surface area contributed by atoms with E-state index < -0.39 is 23.5 Å². The number of carbonyl (C=O) groups excluding carboxylic acids is 1. The van der Waals surface area contributed by atoms with E-state index in [1.54, 1.807) is 6.92 Å². The largest absolute Gasteiger partial charge is 0.506 e. The lowest BCUT2D eigenvalue weighted by Gasteiger charge is -2.11. The first-order valence-corrected chi connectivity index (χ1v) is 7.55. The molecule has 1 heterocycles. The maximum atomic E-state index is 12.1. The van der Waals surface area contributed by atoms with E-state index in [0.29, 0.717) is 16.5 Å². The molecule has 1 unspecified atom stereocenters. The van der Waals surface area contributed by atoms with Gasteiger partial charge in [-0.3, -0.25) is 9.59 Å². The van der Waals surface area contributed by atoms with Crippen LogP contribution in [-0.4, -0.2) is 28.1 Å². The third-order valence-electron chi connectivity index (χ3n) is 3.70. The highest BCUT2D eigenvalue weighted by Gasteiger charge is 2.17. The number of hydrogen-bond donors (Lipinski definition) is 3. The number of aliphatic carboxylic acids is 1. The molecule has 0 aliphatic rings. The number of phenolic OH excluding ortho intramolecular Hbond substituents is 1. The number of benzene rings is 1. The summed E-state index contributed by atoms with van der Waals surface area (Å²) in [6.45, 7) is 3.05. The number of phenols is 1. The quantitative estimate of drug-likeness (QED) is 0.707. The summed E-state index contributed by atoms with van der Waals surface area (Å²) in [5, 5.41) is 21.3. The van der Waals surface area contributed by atoms with Gasteiger partial charge in [0.2, 0.25) is 5.91 Å². The number of hydrogen-bond acceptors (Lipinski definition) is 5. The molecule has 128 valence electrons. The summed E-state index contributed by atoms with van der Waals surface area (Å²) in [5.41, 5.74) is 0.498. The smallest absolute Gasteiger partial charge is 0.339 e. The molecular weight excluding hydrogens is 338 g/mol. The van der Waals surface area contributed by atoms with Crippen LogP contribution in [-0.2, 0) is 16.0 Å². The molecule has 7 nitrogen and oxygen atoms in total. The van der Waals surface area contributed by atoms with Crippen LogP contribution in [0.5, 0.6) is 5.75 Å². The first kappa shape index (κ1) is 17.8. The third kappa shape index (κ3) is 3.68. The fourth-order valence-corrected chi connectivity index (χ4v) is 2.46. The Morgan fingerprint density at radius 3 is 2.67 bits per heavy atom. The second-order valence-electron chi connectivity index (χ2n) is 5.42. The number of rotatable bonds is 5. The van der Waals surface area contributed by atoms with Crippen molar-refractivity contribution in [2.75, 3.05) is 0 Å². The Labute approximate surface area is 141 Å². The van der Waals surface area contributed by atoms with Gasteiger partial charge in [-0.25, -0.2) is 4.79 Å². The van der Waals surface area contributed by atoms with Crippen LogP contribution in [0, 0.1) is 6.92 Å². The number of halogens is 1. The van der Waals surface area contributed by atoms with Crippen molar-refractivity contribution in [1.82, 2.24) is 5.32 Å². The molecule has 1 aromatic carbocycles. The minimum absolute atomic E-state index is 0.0550. The van der Waals surface area contributed by atoms with E-state index in [1.165, 1.54) is 19.1 Å². The zero-order chi connectivity index (χ0) is 18.0. The maximum Gasteiger partial charge on any atom is 0.339 e. The van der Waals surface area contributed by atoms with Gasteiger partial charge in [0.1, 0.15) is 17.4 Å². The number of carboxylic acid groups (broad SMARTS) is 1. The van der Waals surface area contributed by atoms with Crippen molar-refractivity contribution >= 4 is 34.4 Å². The van der Waals surface area contributed by atoms with E-state index in [0.717, 1.165) is 0 Å². The molecule has 0 fully saturated rings. The van der Waals surface area contributed by atoms with Gasteiger partial charge in [-0.2, -0.15) is 0 Å². The van der Waals surface area contributed by atoms with Crippen molar-refractivity contribution in [2.24, 2.45) is 0 Å². The molecule has 3 N–H and O–H groups in total. The monoisotopic (exact) mass is 353 g/mol. The van der Waals surface area contributed by atoms with Crippen LogP contribution in [0.1, 0.15) is 24.5 Å². The molecule has 1 atom stereocenters. The van der Waals surface area contributed by atoms with E-state index in [4.69, 9.17) is 21.1 Å². The van der Waals surface area contributed by atoms with Crippen LogP contribution in [0.2, 0.25) is 5.02 Å². The van der Waals surface area contributed by atoms with E-state index in [9.17, 15) is 19.5 Å². The molecule has 0 aliphatic heterocycles. The fourth-order valence-electron chi connectivity index (χ4n) is 2.30. The normalized spacial score (nSPS) is 12.1. The van der Waals surface area contributed by atoms with Crippen LogP contribution < -0.4 is 10.9 Å². The van der Waals surface area contributed by atoms with Crippen molar-refractivity contribution in [1.29, 1.82) is 0 Å². The predicted octanol–water partition coefficient (Wildman–Crippen LogP) is 1.98. The molecule has 1 aromatic heterocycles. The molecular formula is C16H16ClNO6. The standard InChI is InChI=1S/C16H16ClNO6/c1-7-9(3-4-14(20)18-8(2)15(21)22)16(23)24-13-6-12(19)11(17)5-10(7)13/h5-6,8,19H,3-4H2,1-2H3,(H,18,20)(H,21,22). The Bertz CT molecular complexity index is 873. The van der Waals surface area contributed by atoms with E-state index in [-0.39, 0.29) is 29.2 Å². The third-order valence-corrected chi connectivity index (χ3v) is 4.01. The molecule has 0 radical (unpaired) electrons. The predicted molar refractivity (Wildman–Crippen MR) is 87.5 cm³/mol. The number of fused-ring (bicyclic) bond motifs is 1. The summed E-state index contributed by atoms with van der Waals surface area (Å²) < 4.78 is 5.16. The fraction of sp³-hybridized carbons (Fsp3) is 0.312. The second kappa shape index (κ2) is 6.92. The Kier molecular flexibility index (Phi) is 5.14. The highest BCUT2D eigenvalue weighted by Crippen LogP contribution is 2.30. The molecule has 0 bridgehead atoms. The van der Waals surface area contributed by atoms with Crippen molar-refractivity contribution in [3.63, 3.8) is 0 Å². The Morgan fingerprint density at radius 1 is 1.38 bits per heavy atom. The van der Waals surface area contributed by atoms with Crippen LogP contribution >= 0.6 is 11.6 Å². The Balaban J connectivity index is 2.26. The zero-order valence-electron chi connectivity index (χ0n) is 13.1. The Morgan fingerprint density at radius 2 is 2.04 bits per heavy atom. The average molecular weight is 354 g/mol. The van der Waals surface area contributed by atoms with Gasteiger partial charge in [0.25, 0.3) is 0 Å². The van der Waals surface area contributed by atoms with Gasteiger partial charge < -0.3 is 19.9 Å². The molecule has 0 aliphatic carbocycles. The molecule has 0 spiro atoms. The lowest BCUT2D eigenvalue weighted by molar-refractivity contribution is -0.141. The van der Waals surface area contributed by atoms with Crippen LogP contribution in [0.4, 0.5) is 0 Å². The van der Waals surface area contributed by atoms with Gasteiger partial charge in [0.05, 0.1) is 5.02 Å². The molecule has 2 rings (SSSR count). The maximum absolute atomic E-state index is 12.1. The van der Waals surface area contributed by atoms with Gasteiger partial charge in [0.15, 0.2) is 0 Å². The van der Waals surface area contributed by atoms with Gasteiger partial charge in [-0.05, 0) is 31.9 Å². The van der Waals surface area contributed by atoms with Crippen molar-refractivity contribution in [3.05, 3.63) is 38.7 Å². The van der Waals surface area contributed by atoms with Crippen LogP contribution in [0.25, 0.3) is 11.0 Å². The van der Waals surface area contributed by atoms with E-state index in [2.05, 4.69) is 5.32 Å². The van der Waals surface area contributed by atoms with Gasteiger partial charge in [0, 0.05) is 23.4 Å². The lowest BCUT2D eigenvalue weighted by atomic mass is 10.0. The first-order valence-electron chi connectivity index (χ1n) is 7.17. The number of aryl methyl sites for hydroxylation is 1. The number of carboxylic acids is 1. The number of nitrogens with one attached hydrogen (secondary N) is 1. The summed E-state index contributed by atoms with van der Waals surface area (Å²) in [7, 11) is 0. The van der Waals surface area contributed by atoms with E-state index in [1.807, 2.05) is 0 Å². The number of amides is 1. The second-order valence-corrected chi connectivity index (χ2v) is 5.83. The average Bonchev–Trinajstić information content (AvgIpc) is 2.49. The van der Waals surface area contributed by atoms with Crippen LogP contribution in [0.15, 0.2) is 21.3 Å². The summed E-state index contributed by atoms with van der Waals surface area (Å²) >= 11 is 5.88. The van der Waals surface area contributed by atoms with Gasteiger partial charge >= 0.3 is 11.6 Å². The minimum atomic E-state index is -1.14. The van der Waals surface area contributed by atoms with Crippen molar-refractivity contribution in [2.45, 2.75) is 32.7 Å². The minimum Gasteiger partial charge on any atom is -0.506 e. The molecule has 2 aromatic rings. The highest BCUT2D eigenvalue weighted by molar-refractivity contribution is 6.32. The SMILES string of the molecule is Cc1c(CCC(=O)NC(C)C(=O)O)c(=O)oc2cc(O)c(Cl)cc12. The molecule has 0 saturated carbocycles. The van der Waals surface area contributed by atoms with Crippen molar-refractivity contribution < 1.29 is 24.2 Å². The van der Waals surface area contributed by atoms with E-state index >= 15 is 0 Å². The highest BCUT2D eigenvalue weighted by atomic mass is 35.5.